The van der Waals surface area contributed by atoms with Crippen LogP contribution in [0.2, 0.25) is 0 Å². The summed E-state index contributed by atoms with van der Waals surface area (Å²) in [6, 6.07) is 5.97. The minimum atomic E-state index is -1.99. The van der Waals surface area contributed by atoms with Crippen molar-refractivity contribution >= 4 is 12.0 Å². The molecule has 0 saturated carbocycles. The lowest BCUT2D eigenvalue weighted by molar-refractivity contribution is -0.121. The second-order valence-electron chi connectivity index (χ2n) is 3.34. The van der Waals surface area contributed by atoms with Crippen LogP contribution in [0, 0.1) is 0 Å². The van der Waals surface area contributed by atoms with Crippen molar-refractivity contribution in [2.24, 2.45) is 0 Å². The number of fused-ring (bicyclic) bond motifs is 1. The summed E-state index contributed by atoms with van der Waals surface area (Å²) in [6.45, 7) is 1.23. The molecule has 4 heteroatoms. The van der Waals surface area contributed by atoms with Crippen LogP contribution >= 0.6 is 0 Å². The number of carbonyl (C=O) groups is 1. The Kier molecular flexibility index (Phi) is 1.91. The van der Waals surface area contributed by atoms with E-state index in [9.17, 15) is 9.18 Å². The molecule has 1 aromatic rings. The molecule has 3 nitrogen and oxygen atoms in total. The molecule has 0 fully saturated rings. The van der Waals surface area contributed by atoms with Crippen molar-refractivity contribution in [2.45, 2.75) is 18.8 Å². The lowest BCUT2D eigenvalue weighted by atomic mass is 10.1. The number of anilines is 1. The van der Waals surface area contributed by atoms with Gasteiger partial charge in [0.1, 0.15) is 12.0 Å². The number of aldehydes is 1. The van der Waals surface area contributed by atoms with Gasteiger partial charge in [-0.2, -0.15) is 4.39 Å². The van der Waals surface area contributed by atoms with Gasteiger partial charge >= 0.3 is 0 Å². The molecule has 1 aliphatic heterocycles. The molecule has 1 aromatic carbocycles. The zero-order chi connectivity index (χ0) is 10.2. The highest BCUT2D eigenvalue weighted by Crippen LogP contribution is 2.35. The summed E-state index contributed by atoms with van der Waals surface area (Å²) in [5.41, 5.74) is 0.639. The number of rotatable bonds is 1. The SMILES string of the molecule is CC1(F)Oc2ccccc2NC1C=O. The van der Waals surface area contributed by atoms with Gasteiger partial charge in [-0.15, -0.1) is 0 Å². The zero-order valence-corrected chi connectivity index (χ0v) is 7.66. The van der Waals surface area contributed by atoms with E-state index in [-0.39, 0.29) is 0 Å². The van der Waals surface area contributed by atoms with E-state index in [0.29, 0.717) is 17.7 Å². The van der Waals surface area contributed by atoms with Gasteiger partial charge in [-0.25, -0.2) is 0 Å². The Bertz CT molecular complexity index is 365. The molecule has 0 radical (unpaired) electrons. The van der Waals surface area contributed by atoms with Crippen LogP contribution in [0.1, 0.15) is 6.92 Å². The number of hydrogen-bond acceptors (Lipinski definition) is 3. The highest BCUT2D eigenvalue weighted by molar-refractivity contribution is 5.71. The van der Waals surface area contributed by atoms with Gasteiger partial charge in [0.15, 0.2) is 6.04 Å². The number of ether oxygens (including phenoxy) is 1. The van der Waals surface area contributed by atoms with Crippen molar-refractivity contribution in [3.8, 4) is 5.75 Å². The maximum atomic E-state index is 13.7. The molecule has 2 unspecified atom stereocenters. The van der Waals surface area contributed by atoms with Crippen molar-refractivity contribution in [3.63, 3.8) is 0 Å². The number of halogens is 1. The topological polar surface area (TPSA) is 38.3 Å². The van der Waals surface area contributed by atoms with Crippen LogP contribution in [0.5, 0.6) is 5.75 Å². The highest BCUT2D eigenvalue weighted by atomic mass is 19.2. The second-order valence-corrected chi connectivity index (χ2v) is 3.34. The number of para-hydroxylation sites is 2. The van der Waals surface area contributed by atoms with E-state index in [2.05, 4.69) is 5.32 Å². The van der Waals surface area contributed by atoms with Gasteiger partial charge in [0.05, 0.1) is 5.69 Å². The minimum absolute atomic E-state index is 0.426. The Morgan fingerprint density at radius 2 is 2.29 bits per heavy atom. The molecule has 0 aliphatic carbocycles. The number of alkyl halides is 1. The minimum Gasteiger partial charge on any atom is -0.453 e. The van der Waals surface area contributed by atoms with Gasteiger partial charge in [-0.05, 0) is 12.1 Å². The molecule has 0 saturated heterocycles. The summed E-state index contributed by atoms with van der Waals surface area (Å²) >= 11 is 0. The summed E-state index contributed by atoms with van der Waals surface area (Å²) in [5, 5.41) is 2.77. The fraction of sp³-hybridized carbons (Fsp3) is 0.300. The second kappa shape index (κ2) is 2.97. The Hall–Kier alpha value is -1.58. The largest absolute Gasteiger partial charge is 0.453 e. The first-order chi connectivity index (χ1) is 6.63. The van der Waals surface area contributed by atoms with Gasteiger partial charge in [0, 0.05) is 6.92 Å². The van der Waals surface area contributed by atoms with E-state index in [1.54, 1.807) is 24.3 Å². The molecule has 1 N–H and O–H groups in total. The van der Waals surface area contributed by atoms with Gasteiger partial charge in [-0.1, -0.05) is 12.1 Å². The van der Waals surface area contributed by atoms with Gasteiger partial charge < -0.3 is 14.8 Å². The molecule has 74 valence electrons. The normalized spacial score (nSPS) is 29.7. The predicted octanol–water partition coefficient (Wildman–Crippen LogP) is 1.74. The smallest absolute Gasteiger partial charge is 0.272 e. The van der Waals surface area contributed by atoms with Gasteiger partial charge in [0.2, 0.25) is 0 Å². The lowest BCUT2D eigenvalue weighted by Crippen LogP contribution is -2.49. The van der Waals surface area contributed by atoms with Crippen molar-refractivity contribution < 1.29 is 13.9 Å². The van der Waals surface area contributed by atoms with Crippen molar-refractivity contribution in [1.29, 1.82) is 0 Å². The number of carbonyl (C=O) groups excluding carboxylic acids is 1. The molecule has 0 spiro atoms. The van der Waals surface area contributed by atoms with Gasteiger partial charge in [-0.3, -0.25) is 0 Å². The standard InChI is InChI=1S/C10H10FNO2/c1-10(11)9(6-13)12-7-4-2-3-5-8(7)14-10/h2-6,9,12H,1H3. The molecule has 1 heterocycles. The third-order valence-corrected chi connectivity index (χ3v) is 2.20. The van der Waals surface area contributed by atoms with Crippen molar-refractivity contribution in [2.75, 3.05) is 5.32 Å². The van der Waals surface area contributed by atoms with E-state index in [1.807, 2.05) is 0 Å². The third kappa shape index (κ3) is 1.32. The molecule has 0 amide bonds. The quantitative estimate of drug-likeness (QED) is 0.694. The Labute approximate surface area is 80.9 Å². The van der Waals surface area contributed by atoms with Crippen LogP contribution in [0.15, 0.2) is 24.3 Å². The van der Waals surface area contributed by atoms with E-state index in [1.165, 1.54) is 6.92 Å². The molecule has 14 heavy (non-hydrogen) atoms. The monoisotopic (exact) mass is 195 g/mol. The molecular weight excluding hydrogens is 185 g/mol. The first-order valence-corrected chi connectivity index (χ1v) is 4.32. The lowest BCUT2D eigenvalue weighted by Gasteiger charge is -2.34. The molecule has 2 rings (SSSR count). The van der Waals surface area contributed by atoms with Crippen LogP contribution in [0.3, 0.4) is 0 Å². The van der Waals surface area contributed by atoms with Crippen LogP contribution in [0.4, 0.5) is 10.1 Å². The van der Waals surface area contributed by atoms with E-state index < -0.39 is 11.9 Å². The average Bonchev–Trinajstić information content (AvgIpc) is 2.15. The van der Waals surface area contributed by atoms with E-state index in [4.69, 9.17) is 4.74 Å². The summed E-state index contributed by atoms with van der Waals surface area (Å²) < 4.78 is 18.8. The van der Waals surface area contributed by atoms with Crippen LogP contribution in [0.25, 0.3) is 0 Å². The highest BCUT2D eigenvalue weighted by Gasteiger charge is 2.40. The summed E-state index contributed by atoms with van der Waals surface area (Å²) in [5.74, 6) is -1.56. The van der Waals surface area contributed by atoms with Gasteiger partial charge in [0.25, 0.3) is 5.85 Å². The molecule has 1 aliphatic rings. The van der Waals surface area contributed by atoms with Crippen LogP contribution in [-0.2, 0) is 4.79 Å². The summed E-state index contributed by atoms with van der Waals surface area (Å²) in [4.78, 5) is 10.6. The zero-order valence-electron chi connectivity index (χ0n) is 7.66. The van der Waals surface area contributed by atoms with Crippen molar-refractivity contribution in [3.05, 3.63) is 24.3 Å². The maximum Gasteiger partial charge on any atom is 0.272 e. The molecule has 0 aromatic heterocycles. The van der Waals surface area contributed by atoms with E-state index >= 15 is 0 Å². The Morgan fingerprint density at radius 1 is 1.57 bits per heavy atom. The maximum absolute atomic E-state index is 13.7. The Morgan fingerprint density at radius 3 is 3.00 bits per heavy atom. The average molecular weight is 195 g/mol. The predicted molar refractivity (Wildman–Crippen MR) is 50.1 cm³/mol. The molecular formula is C10H10FNO2. The molecule has 0 bridgehead atoms. The number of benzene rings is 1. The number of nitrogens with one attached hydrogen (secondary N) is 1. The van der Waals surface area contributed by atoms with Crippen LogP contribution in [-0.4, -0.2) is 18.2 Å². The fourth-order valence-electron chi connectivity index (χ4n) is 1.41. The Balaban J connectivity index is 2.39. The summed E-state index contributed by atoms with van der Waals surface area (Å²) in [7, 11) is 0. The van der Waals surface area contributed by atoms with Crippen molar-refractivity contribution in [1.82, 2.24) is 0 Å². The van der Waals surface area contributed by atoms with Crippen LogP contribution < -0.4 is 10.1 Å². The third-order valence-electron chi connectivity index (χ3n) is 2.20. The summed E-state index contributed by atoms with van der Waals surface area (Å²) in [6.07, 6.45) is 0.510. The first-order valence-electron chi connectivity index (χ1n) is 4.32. The number of hydrogen-bond donors (Lipinski definition) is 1. The first kappa shape index (κ1) is 8.99. The molecule has 2 atom stereocenters. The fourth-order valence-corrected chi connectivity index (χ4v) is 1.41. The van der Waals surface area contributed by atoms with E-state index in [0.717, 1.165) is 0 Å².